The lowest BCUT2D eigenvalue weighted by atomic mass is 10.0. The minimum Gasteiger partial charge on any atom is -0.368 e. The molecule has 7 heteroatoms. The van der Waals surface area contributed by atoms with Crippen molar-refractivity contribution in [2.45, 2.75) is 18.9 Å². The predicted molar refractivity (Wildman–Crippen MR) is 101 cm³/mol. The van der Waals surface area contributed by atoms with Gasteiger partial charge >= 0.3 is 0 Å². The lowest BCUT2D eigenvalue weighted by molar-refractivity contribution is 0.485. The first kappa shape index (κ1) is 17.9. The second-order valence-electron chi connectivity index (χ2n) is 6.76. The smallest absolute Gasteiger partial charge is 0.134 e. The molecule has 1 aromatic heterocycles. The molecular weight excluding hydrogens is 331 g/mol. The number of anilines is 3. The van der Waals surface area contributed by atoms with Crippen LogP contribution in [0.1, 0.15) is 18.4 Å². The van der Waals surface area contributed by atoms with Crippen LogP contribution in [0.25, 0.3) is 0 Å². The molecule has 0 amide bonds. The number of halogens is 1. The van der Waals surface area contributed by atoms with E-state index in [2.05, 4.69) is 25.8 Å². The van der Waals surface area contributed by atoms with E-state index in [1.54, 1.807) is 12.4 Å². The third-order valence-electron chi connectivity index (χ3n) is 4.82. The normalized spacial score (nSPS) is 16.9. The highest BCUT2D eigenvalue weighted by Crippen LogP contribution is 2.27. The van der Waals surface area contributed by atoms with Gasteiger partial charge in [-0.15, -0.1) is 0 Å². The second-order valence-corrected chi connectivity index (χ2v) is 6.76. The molecule has 2 heterocycles. The molecule has 6 nitrogen and oxygen atoms in total. The van der Waals surface area contributed by atoms with Crippen LogP contribution in [-0.2, 0) is 0 Å². The van der Waals surface area contributed by atoms with E-state index in [-0.39, 0.29) is 11.9 Å². The SMILES string of the molecule is CN(C)c1cc(N(C)C2CCCN(c3ccc(F)cc3C#N)C2)ncn1. The van der Waals surface area contributed by atoms with E-state index in [4.69, 9.17) is 0 Å². The van der Waals surface area contributed by atoms with Gasteiger partial charge in [-0.1, -0.05) is 0 Å². The number of likely N-dealkylation sites (N-methyl/N-ethyl adjacent to an activating group) is 1. The van der Waals surface area contributed by atoms with E-state index in [1.807, 2.05) is 32.1 Å². The number of hydrogen-bond acceptors (Lipinski definition) is 6. The standard InChI is InChI=1S/C19H23FN6/c1-24(2)18-10-19(23-13-22-18)25(3)16-5-4-8-26(12-16)17-7-6-15(20)9-14(17)11-21/h6-7,9-10,13,16H,4-5,8,12H2,1-3H3. The molecule has 2 aromatic rings. The Labute approximate surface area is 153 Å². The fraction of sp³-hybridized carbons (Fsp3) is 0.421. The molecule has 1 aromatic carbocycles. The van der Waals surface area contributed by atoms with Crippen molar-refractivity contribution in [3.05, 3.63) is 42.0 Å². The highest BCUT2D eigenvalue weighted by Gasteiger charge is 2.26. The quantitative estimate of drug-likeness (QED) is 0.841. The van der Waals surface area contributed by atoms with Crippen molar-refractivity contribution in [1.82, 2.24) is 9.97 Å². The van der Waals surface area contributed by atoms with Crippen molar-refractivity contribution >= 4 is 17.3 Å². The van der Waals surface area contributed by atoms with Gasteiger partial charge in [-0.2, -0.15) is 5.26 Å². The zero-order valence-corrected chi connectivity index (χ0v) is 15.4. The number of hydrogen-bond donors (Lipinski definition) is 0. The number of nitrogens with zero attached hydrogens (tertiary/aromatic N) is 6. The summed E-state index contributed by atoms with van der Waals surface area (Å²) in [5.41, 5.74) is 1.17. The van der Waals surface area contributed by atoms with Gasteiger partial charge in [0.2, 0.25) is 0 Å². The maximum absolute atomic E-state index is 13.4. The topological polar surface area (TPSA) is 59.3 Å². The van der Waals surface area contributed by atoms with Crippen molar-refractivity contribution in [1.29, 1.82) is 5.26 Å². The zero-order chi connectivity index (χ0) is 18.7. The van der Waals surface area contributed by atoms with Crippen molar-refractivity contribution in [3.63, 3.8) is 0 Å². The summed E-state index contributed by atoms with van der Waals surface area (Å²) in [7, 11) is 5.94. The molecule has 0 N–H and O–H groups in total. The maximum Gasteiger partial charge on any atom is 0.134 e. The van der Waals surface area contributed by atoms with Gasteiger partial charge in [-0.05, 0) is 31.0 Å². The van der Waals surface area contributed by atoms with Crippen molar-refractivity contribution in [2.75, 3.05) is 48.9 Å². The lowest BCUT2D eigenvalue weighted by Crippen LogP contribution is -2.47. The van der Waals surface area contributed by atoms with Crippen LogP contribution in [-0.4, -0.2) is 50.2 Å². The summed E-state index contributed by atoms with van der Waals surface area (Å²) in [4.78, 5) is 14.9. The van der Waals surface area contributed by atoms with Gasteiger partial charge in [0.15, 0.2) is 0 Å². The molecule has 26 heavy (non-hydrogen) atoms. The van der Waals surface area contributed by atoms with Gasteiger partial charge < -0.3 is 14.7 Å². The fourth-order valence-electron chi connectivity index (χ4n) is 3.32. The van der Waals surface area contributed by atoms with E-state index < -0.39 is 0 Å². The molecule has 1 aliphatic heterocycles. The first-order valence-corrected chi connectivity index (χ1v) is 8.66. The van der Waals surface area contributed by atoms with Gasteiger partial charge in [-0.3, -0.25) is 0 Å². The summed E-state index contributed by atoms with van der Waals surface area (Å²) in [6, 6.07) is 8.75. The number of nitriles is 1. The van der Waals surface area contributed by atoms with Gasteiger partial charge in [-0.25, -0.2) is 14.4 Å². The first-order chi connectivity index (χ1) is 12.5. The van der Waals surface area contributed by atoms with Crippen LogP contribution in [0.15, 0.2) is 30.6 Å². The third kappa shape index (κ3) is 3.69. The molecule has 0 aliphatic carbocycles. The van der Waals surface area contributed by atoms with Crippen molar-refractivity contribution in [3.8, 4) is 6.07 Å². The Morgan fingerprint density at radius 3 is 2.69 bits per heavy atom. The van der Waals surface area contributed by atoms with Crippen LogP contribution in [0.5, 0.6) is 0 Å². The molecule has 1 saturated heterocycles. The molecular formula is C19H23FN6. The zero-order valence-electron chi connectivity index (χ0n) is 15.4. The Hall–Kier alpha value is -2.88. The molecule has 1 unspecified atom stereocenters. The van der Waals surface area contributed by atoms with E-state index >= 15 is 0 Å². The highest BCUT2D eigenvalue weighted by molar-refractivity contribution is 5.60. The van der Waals surface area contributed by atoms with Crippen LogP contribution in [0.4, 0.5) is 21.7 Å². The number of rotatable bonds is 4. The fourth-order valence-corrected chi connectivity index (χ4v) is 3.32. The summed E-state index contributed by atoms with van der Waals surface area (Å²) in [6.07, 6.45) is 3.62. The molecule has 1 fully saturated rings. The molecule has 0 bridgehead atoms. The predicted octanol–water partition coefficient (Wildman–Crippen LogP) is 2.66. The largest absolute Gasteiger partial charge is 0.368 e. The average Bonchev–Trinajstić information content (AvgIpc) is 2.67. The number of piperidine rings is 1. The third-order valence-corrected chi connectivity index (χ3v) is 4.82. The van der Waals surface area contributed by atoms with Crippen molar-refractivity contribution < 1.29 is 4.39 Å². The monoisotopic (exact) mass is 354 g/mol. The minimum atomic E-state index is -0.381. The highest BCUT2D eigenvalue weighted by atomic mass is 19.1. The molecule has 3 rings (SSSR count). The van der Waals surface area contributed by atoms with Crippen LogP contribution < -0.4 is 14.7 Å². The van der Waals surface area contributed by atoms with Gasteiger partial charge in [0.05, 0.1) is 11.3 Å². The lowest BCUT2D eigenvalue weighted by Gasteiger charge is -2.39. The molecule has 0 radical (unpaired) electrons. The van der Waals surface area contributed by atoms with Crippen LogP contribution in [0, 0.1) is 17.1 Å². The Kier molecular flexibility index (Phi) is 5.21. The summed E-state index contributed by atoms with van der Waals surface area (Å²) >= 11 is 0. The maximum atomic E-state index is 13.4. The summed E-state index contributed by atoms with van der Waals surface area (Å²) in [5, 5.41) is 9.33. The first-order valence-electron chi connectivity index (χ1n) is 8.66. The van der Waals surface area contributed by atoms with E-state index in [0.717, 1.165) is 43.3 Å². The van der Waals surface area contributed by atoms with Crippen LogP contribution in [0.3, 0.4) is 0 Å². The molecule has 0 saturated carbocycles. The molecule has 136 valence electrons. The van der Waals surface area contributed by atoms with Gasteiger partial charge in [0.25, 0.3) is 0 Å². The summed E-state index contributed by atoms with van der Waals surface area (Å²) < 4.78 is 13.4. The Morgan fingerprint density at radius 2 is 1.96 bits per heavy atom. The Balaban J connectivity index is 1.80. The van der Waals surface area contributed by atoms with E-state index in [0.29, 0.717) is 5.56 Å². The van der Waals surface area contributed by atoms with E-state index in [1.165, 1.54) is 12.1 Å². The number of benzene rings is 1. The molecule has 1 aliphatic rings. The van der Waals surface area contributed by atoms with Crippen LogP contribution >= 0.6 is 0 Å². The summed E-state index contributed by atoms with van der Waals surface area (Å²) in [5.74, 6) is 1.35. The number of aromatic nitrogens is 2. The average molecular weight is 354 g/mol. The van der Waals surface area contributed by atoms with Crippen LogP contribution in [0.2, 0.25) is 0 Å². The Bertz CT molecular complexity index is 816. The Morgan fingerprint density at radius 1 is 1.19 bits per heavy atom. The summed E-state index contributed by atoms with van der Waals surface area (Å²) in [6.45, 7) is 1.62. The molecule has 0 spiro atoms. The van der Waals surface area contributed by atoms with E-state index in [9.17, 15) is 9.65 Å². The minimum absolute atomic E-state index is 0.255. The van der Waals surface area contributed by atoms with Crippen molar-refractivity contribution in [2.24, 2.45) is 0 Å². The second kappa shape index (κ2) is 7.56. The van der Waals surface area contributed by atoms with Gasteiger partial charge in [0, 0.05) is 46.3 Å². The van der Waals surface area contributed by atoms with Gasteiger partial charge in [0.1, 0.15) is 29.8 Å². The molecule has 1 atom stereocenters.